The SMILES string of the molecule is Cc1cc(C(=O)n2c(C)nc3cc(-c4ccccc4S(N)(=O)=O)ccc32)n(-c2ccc(Cl)cc2F)n1. The molecule has 8 nitrogen and oxygen atoms in total. The minimum Gasteiger partial charge on any atom is -0.266 e. The van der Waals surface area contributed by atoms with Crippen LogP contribution in [0.15, 0.2) is 71.6 Å². The van der Waals surface area contributed by atoms with Crippen molar-refractivity contribution in [2.45, 2.75) is 18.7 Å². The van der Waals surface area contributed by atoms with Gasteiger partial charge in [-0.1, -0.05) is 35.9 Å². The third-order valence-electron chi connectivity index (χ3n) is 5.72. The summed E-state index contributed by atoms with van der Waals surface area (Å²) in [5, 5.41) is 9.92. The molecule has 5 aromatic rings. The number of nitrogens with two attached hydrogens (primary N) is 1. The van der Waals surface area contributed by atoms with Crippen LogP contribution in [0.1, 0.15) is 22.0 Å². The van der Waals surface area contributed by atoms with E-state index in [1.165, 1.54) is 27.4 Å². The van der Waals surface area contributed by atoms with Gasteiger partial charge in [0.2, 0.25) is 10.0 Å². The molecular weight excluding hydrogens is 505 g/mol. The highest BCUT2D eigenvalue weighted by molar-refractivity contribution is 7.89. The molecule has 0 amide bonds. The summed E-state index contributed by atoms with van der Waals surface area (Å²) in [4.78, 5) is 18.2. The van der Waals surface area contributed by atoms with Crippen LogP contribution < -0.4 is 5.14 Å². The summed E-state index contributed by atoms with van der Waals surface area (Å²) in [6, 6.07) is 17.1. The Hall–Kier alpha value is -3.86. The third kappa shape index (κ3) is 4.09. The lowest BCUT2D eigenvalue weighted by Gasteiger charge is -2.11. The Kier molecular flexibility index (Phi) is 5.74. The maximum atomic E-state index is 14.7. The minimum absolute atomic E-state index is 0.0130. The average molecular weight is 524 g/mol. The van der Waals surface area contributed by atoms with Crippen molar-refractivity contribution >= 4 is 38.6 Å². The number of fused-ring (bicyclic) bond motifs is 1. The van der Waals surface area contributed by atoms with Gasteiger partial charge < -0.3 is 0 Å². The van der Waals surface area contributed by atoms with Crippen molar-refractivity contribution in [1.82, 2.24) is 19.3 Å². The molecule has 0 unspecified atom stereocenters. The van der Waals surface area contributed by atoms with E-state index in [0.29, 0.717) is 33.7 Å². The Morgan fingerprint density at radius 3 is 2.50 bits per heavy atom. The number of aromatic nitrogens is 4. The number of hydrogen-bond acceptors (Lipinski definition) is 5. The van der Waals surface area contributed by atoms with E-state index < -0.39 is 21.7 Å². The first-order valence-corrected chi connectivity index (χ1v) is 12.6. The first-order chi connectivity index (χ1) is 17.0. The number of imidazole rings is 1. The summed E-state index contributed by atoms with van der Waals surface area (Å²) < 4.78 is 41.4. The van der Waals surface area contributed by atoms with Crippen molar-refractivity contribution < 1.29 is 17.6 Å². The second-order valence-electron chi connectivity index (χ2n) is 8.22. The molecule has 11 heteroatoms. The molecule has 0 aliphatic heterocycles. The number of carbonyl (C=O) groups is 1. The predicted molar refractivity (Wildman–Crippen MR) is 134 cm³/mol. The molecule has 0 radical (unpaired) electrons. The second kappa shape index (κ2) is 8.66. The Labute approximate surface area is 210 Å². The number of primary sulfonamides is 1. The first kappa shape index (κ1) is 23.9. The van der Waals surface area contributed by atoms with Crippen molar-refractivity contribution in [1.29, 1.82) is 0 Å². The van der Waals surface area contributed by atoms with Crippen LogP contribution in [0.2, 0.25) is 5.02 Å². The zero-order valence-corrected chi connectivity index (χ0v) is 20.7. The highest BCUT2D eigenvalue weighted by Gasteiger charge is 2.23. The van der Waals surface area contributed by atoms with Gasteiger partial charge in [0.15, 0.2) is 0 Å². The minimum atomic E-state index is -3.95. The Balaban J connectivity index is 1.63. The number of halogens is 2. The van der Waals surface area contributed by atoms with Gasteiger partial charge in [-0.3, -0.25) is 9.36 Å². The molecule has 0 bridgehead atoms. The van der Waals surface area contributed by atoms with Gasteiger partial charge in [0.25, 0.3) is 5.91 Å². The second-order valence-corrected chi connectivity index (χ2v) is 10.2. The van der Waals surface area contributed by atoms with Crippen molar-refractivity contribution in [3.63, 3.8) is 0 Å². The topological polar surface area (TPSA) is 113 Å². The number of carbonyl (C=O) groups excluding carboxylic acids is 1. The van der Waals surface area contributed by atoms with E-state index in [1.54, 1.807) is 56.3 Å². The standard InChI is InChI=1S/C25H19ClFN5O3S/c1-14-11-23(32(30-14)21-10-8-17(26)13-19(21)27)25(33)31-15(2)29-20-12-16(7-9-22(20)31)18-5-3-4-6-24(18)36(28,34)35/h3-13H,1-2H3,(H2,28,34,35). The van der Waals surface area contributed by atoms with Gasteiger partial charge in [0, 0.05) is 10.6 Å². The maximum Gasteiger partial charge on any atom is 0.282 e. The summed E-state index contributed by atoms with van der Waals surface area (Å²) in [5.41, 5.74) is 2.72. The lowest BCUT2D eigenvalue weighted by molar-refractivity contribution is 0.0954. The average Bonchev–Trinajstić information content (AvgIpc) is 3.36. The molecule has 2 N–H and O–H groups in total. The lowest BCUT2D eigenvalue weighted by atomic mass is 10.1. The van der Waals surface area contributed by atoms with E-state index in [-0.39, 0.29) is 21.3 Å². The fraction of sp³-hybridized carbons (Fsp3) is 0.0800. The van der Waals surface area contributed by atoms with Gasteiger partial charge in [0.05, 0.1) is 21.6 Å². The Morgan fingerprint density at radius 1 is 1.03 bits per heavy atom. The molecule has 0 aliphatic carbocycles. The van der Waals surface area contributed by atoms with E-state index in [1.807, 2.05) is 0 Å². The van der Waals surface area contributed by atoms with Gasteiger partial charge in [-0.05, 0) is 61.9 Å². The fourth-order valence-corrected chi connectivity index (χ4v) is 5.10. The third-order valence-corrected chi connectivity index (χ3v) is 6.92. The molecule has 0 atom stereocenters. The normalized spacial score (nSPS) is 11.8. The molecule has 0 saturated heterocycles. The van der Waals surface area contributed by atoms with Crippen LogP contribution in [0.4, 0.5) is 4.39 Å². The number of aryl methyl sites for hydroxylation is 2. The van der Waals surface area contributed by atoms with Crippen molar-refractivity contribution in [3.05, 3.63) is 94.8 Å². The highest BCUT2D eigenvalue weighted by Crippen LogP contribution is 2.30. The molecule has 2 aromatic heterocycles. The Morgan fingerprint density at radius 2 is 1.78 bits per heavy atom. The van der Waals surface area contributed by atoms with Crippen LogP contribution in [0, 0.1) is 19.7 Å². The lowest BCUT2D eigenvalue weighted by Crippen LogP contribution is -2.18. The molecule has 36 heavy (non-hydrogen) atoms. The molecule has 0 fully saturated rings. The van der Waals surface area contributed by atoms with Gasteiger partial charge in [-0.25, -0.2) is 27.6 Å². The monoisotopic (exact) mass is 523 g/mol. The van der Waals surface area contributed by atoms with Crippen LogP contribution >= 0.6 is 11.6 Å². The molecule has 2 heterocycles. The zero-order valence-electron chi connectivity index (χ0n) is 19.1. The van der Waals surface area contributed by atoms with Crippen molar-refractivity contribution in [3.8, 4) is 16.8 Å². The molecule has 5 rings (SSSR count). The van der Waals surface area contributed by atoms with E-state index in [0.717, 1.165) is 6.07 Å². The van der Waals surface area contributed by atoms with Gasteiger partial charge >= 0.3 is 0 Å². The molecule has 3 aromatic carbocycles. The largest absolute Gasteiger partial charge is 0.282 e. The van der Waals surface area contributed by atoms with E-state index in [2.05, 4.69) is 10.1 Å². The summed E-state index contributed by atoms with van der Waals surface area (Å²) >= 11 is 5.88. The van der Waals surface area contributed by atoms with Crippen LogP contribution in [-0.2, 0) is 10.0 Å². The summed E-state index contributed by atoms with van der Waals surface area (Å²) in [5.74, 6) is -0.679. The number of nitrogens with zero attached hydrogens (tertiary/aromatic N) is 4. The molecule has 0 saturated carbocycles. The molecule has 182 valence electrons. The number of hydrogen-bond donors (Lipinski definition) is 1. The number of rotatable bonds is 4. The van der Waals surface area contributed by atoms with Crippen LogP contribution in [-0.4, -0.2) is 33.7 Å². The summed E-state index contributed by atoms with van der Waals surface area (Å²) in [6.07, 6.45) is 0. The summed E-state index contributed by atoms with van der Waals surface area (Å²) in [6.45, 7) is 3.38. The van der Waals surface area contributed by atoms with Crippen molar-refractivity contribution in [2.24, 2.45) is 5.14 Å². The Bertz CT molecular complexity index is 1790. The zero-order chi connectivity index (χ0) is 25.8. The van der Waals surface area contributed by atoms with Crippen LogP contribution in [0.3, 0.4) is 0 Å². The van der Waals surface area contributed by atoms with E-state index in [4.69, 9.17) is 16.7 Å². The van der Waals surface area contributed by atoms with Gasteiger partial charge in [-0.15, -0.1) is 0 Å². The smallest absolute Gasteiger partial charge is 0.266 e. The molecule has 0 aliphatic rings. The molecule has 0 spiro atoms. The van der Waals surface area contributed by atoms with Crippen LogP contribution in [0.25, 0.3) is 27.8 Å². The highest BCUT2D eigenvalue weighted by atomic mass is 35.5. The molecular formula is C25H19ClFN5O3S. The fourth-order valence-electron chi connectivity index (χ4n) is 4.18. The quantitative estimate of drug-likeness (QED) is 0.369. The van der Waals surface area contributed by atoms with Gasteiger partial charge in [0.1, 0.15) is 23.0 Å². The number of sulfonamides is 1. The summed E-state index contributed by atoms with van der Waals surface area (Å²) in [7, 11) is -3.95. The number of benzene rings is 3. The van der Waals surface area contributed by atoms with Gasteiger partial charge in [-0.2, -0.15) is 5.10 Å². The van der Waals surface area contributed by atoms with E-state index >= 15 is 0 Å². The maximum absolute atomic E-state index is 14.7. The van der Waals surface area contributed by atoms with Crippen LogP contribution in [0.5, 0.6) is 0 Å². The van der Waals surface area contributed by atoms with Crippen molar-refractivity contribution in [2.75, 3.05) is 0 Å². The van der Waals surface area contributed by atoms with E-state index in [9.17, 15) is 17.6 Å². The first-order valence-electron chi connectivity index (χ1n) is 10.7. The predicted octanol–water partition coefficient (Wildman–Crippen LogP) is 4.63.